The van der Waals surface area contributed by atoms with E-state index in [9.17, 15) is 5.21 Å². The summed E-state index contributed by atoms with van der Waals surface area (Å²) in [5, 5.41) is 20.6. The van der Waals surface area contributed by atoms with Crippen molar-refractivity contribution < 1.29 is 4.73 Å². The first kappa shape index (κ1) is 10.9. The maximum atomic E-state index is 11.7. The van der Waals surface area contributed by atoms with Crippen LogP contribution in [-0.2, 0) is 0 Å². The van der Waals surface area contributed by atoms with Crippen molar-refractivity contribution in [3.8, 4) is 17.3 Å². The van der Waals surface area contributed by atoms with Crippen LogP contribution in [0, 0.1) is 23.5 Å². The van der Waals surface area contributed by atoms with Gasteiger partial charge in [0.15, 0.2) is 0 Å². The van der Waals surface area contributed by atoms with Crippen molar-refractivity contribution in [2.45, 2.75) is 6.92 Å². The first-order valence-electron chi connectivity index (χ1n) is 5.00. The smallest absolute Gasteiger partial charge is 0.313 e. The Bertz CT molecular complexity index is 602. The number of nitrogens with zero attached hydrogens (tertiary/aromatic N) is 3. The molecule has 0 amide bonds. The van der Waals surface area contributed by atoms with Crippen molar-refractivity contribution in [2.75, 3.05) is 5.73 Å². The van der Waals surface area contributed by atoms with Gasteiger partial charge < -0.3 is 5.21 Å². The molecule has 1 aromatic carbocycles. The summed E-state index contributed by atoms with van der Waals surface area (Å²) < 4.78 is 0.536. The molecule has 5 nitrogen and oxygen atoms in total. The van der Waals surface area contributed by atoms with E-state index in [-0.39, 0.29) is 11.5 Å². The number of nitrogens with two attached hydrogens (primary N) is 1. The highest BCUT2D eigenvalue weighted by atomic mass is 16.5. The van der Waals surface area contributed by atoms with Crippen LogP contribution in [0.1, 0.15) is 11.4 Å². The largest absolute Gasteiger partial charge is 0.710 e. The lowest BCUT2D eigenvalue weighted by Gasteiger charge is -2.12. The summed E-state index contributed by atoms with van der Waals surface area (Å²) >= 11 is 0. The zero-order valence-corrected chi connectivity index (χ0v) is 9.21. The van der Waals surface area contributed by atoms with Crippen LogP contribution >= 0.6 is 0 Å². The lowest BCUT2D eigenvalue weighted by atomic mass is 10.1. The third-order valence-electron chi connectivity index (χ3n) is 2.49. The summed E-state index contributed by atoms with van der Waals surface area (Å²) in [6.07, 6.45) is 0. The quantitative estimate of drug-likeness (QED) is 0.583. The number of benzene rings is 1. The van der Waals surface area contributed by atoms with Crippen LogP contribution in [0.2, 0.25) is 0 Å². The highest BCUT2D eigenvalue weighted by Gasteiger charge is 2.16. The topological polar surface area (TPSA) is 89.6 Å². The molecule has 84 valence electrons. The van der Waals surface area contributed by atoms with E-state index in [0.29, 0.717) is 16.1 Å². The van der Waals surface area contributed by atoms with E-state index in [0.717, 1.165) is 5.56 Å². The molecule has 2 aromatic rings. The van der Waals surface area contributed by atoms with E-state index in [1.807, 2.05) is 36.4 Å². The molecule has 0 aliphatic heterocycles. The SMILES string of the molecule is Cc1c(-c2ccccc2)nc(C#N)c(N)[n+]1[O-]. The number of nitrogen functional groups attached to an aromatic ring is 1. The van der Waals surface area contributed by atoms with Crippen LogP contribution in [0.25, 0.3) is 11.3 Å². The average Bonchev–Trinajstić information content (AvgIpc) is 2.37. The molecular weight excluding hydrogens is 216 g/mol. The number of nitriles is 1. The van der Waals surface area contributed by atoms with Crippen molar-refractivity contribution in [3.05, 3.63) is 46.9 Å². The first-order chi connectivity index (χ1) is 8.15. The molecule has 0 saturated heterocycles. The van der Waals surface area contributed by atoms with Crippen molar-refractivity contribution in [1.29, 1.82) is 5.26 Å². The standard InChI is InChI=1S/C12H10N4O/c1-8-11(9-5-3-2-4-6-9)15-10(7-13)12(14)16(8)17/h2-6H,14H2,1H3. The van der Waals surface area contributed by atoms with E-state index in [4.69, 9.17) is 11.0 Å². The Morgan fingerprint density at radius 1 is 1.35 bits per heavy atom. The first-order valence-corrected chi connectivity index (χ1v) is 5.00. The van der Waals surface area contributed by atoms with E-state index in [1.165, 1.54) is 0 Å². The number of hydrogen-bond donors (Lipinski definition) is 1. The van der Waals surface area contributed by atoms with Gasteiger partial charge in [0, 0.05) is 12.5 Å². The average molecular weight is 226 g/mol. The summed E-state index contributed by atoms with van der Waals surface area (Å²) in [5.41, 5.74) is 7.10. The summed E-state index contributed by atoms with van der Waals surface area (Å²) in [6.45, 7) is 1.62. The number of anilines is 1. The van der Waals surface area contributed by atoms with Crippen LogP contribution < -0.4 is 10.5 Å². The fourth-order valence-electron chi connectivity index (χ4n) is 1.57. The van der Waals surface area contributed by atoms with Gasteiger partial charge in [-0.05, 0) is 0 Å². The molecule has 0 aliphatic rings. The second-order valence-corrected chi connectivity index (χ2v) is 3.55. The molecule has 5 heteroatoms. The van der Waals surface area contributed by atoms with Gasteiger partial charge in [0.2, 0.25) is 5.69 Å². The van der Waals surface area contributed by atoms with Crippen molar-refractivity contribution >= 4 is 5.82 Å². The van der Waals surface area contributed by atoms with Gasteiger partial charge >= 0.3 is 5.82 Å². The molecule has 17 heavy (non-hydrogen) atoms. The zero-order chi connectivity index (χ0) is 12.4. The molecule has 0 spiro atoms. The van der Waals surface area contributed by atoms with Gasteiger partial charge in [0.05, 0.1) is 0 Å². The zero-order valence-electron chi connectivity index (χ0n) is 9.21. The Labute approximate surface area is 98.3 Å². The molecule has 2 N–H and O–H groups in total. The molecule has 0 bridgehead atoms. The van der Waals surface area contributed by atoms with Crippen molar-refractivity contribution in [2.24, 2.45) is 0 Å². The minimum atomic E-state index is -0.162. The third kappa shape index (κ3) is 1.76. The lowest BCUT2D eigenvalue weighted by Crippen LogP contribution is -2.36. The van der Waals surface area contributed by atoms with Gasteiger partial charge in [0.1, 0.15) is 17.5 Å². The van der Waals surface area contributed by atoms with Crippen LogP contribution in [0.3, 0.4) is 0 Å². The van der Waals surface area contributed by atoms with Gasteiger partial charge in [0.25, 0.3) is 0 Å². The van der Waals surface area contributed by atoms with Gasteiger partial charge in [-0.2, -0.15) is 5.26 Å². The molecule has 0 fully saturated rings. The van der Waals surface area contributed by atoms with Crippen molar-refractivity contribution in [1.82, 2.24) is 4.98 Å². The van der Waals surface area contributed by atoms with E-state index < -0.39 is 0 Å². The van der Waals surface area contributed by atoms with Gasteiger partial charge in [-0.25, -0.2) is 9.71 Å². The molecule has 0 unspecified atom stereocenters. The molecular formula is C12H10N4O. The maximum absolute atomic E-state index is 11.7. The Balaban J connectivity index is 2.72. The fourth-order valence-corrected chi connectivity index (χ4v) is 1.57. The minimum absolute atomic E-state index is 0.0514. The second-order valence-electron chi connectivity index (χ2n) is 3.55. The third-order valence-corrected chi connectivity index (χ3v) is 2.49. The molecule has 2 rings (SSSR count). The van der Waals surface area contributed by atoms with Crippen LogP contribution in [0.4, 0.5) is 5.82 Å². The van der Waals surface area contributed by atoms with Crippen LogP contribution in [0.5, 0.6) is 0 Å². The molecule has 0 radical (unpaired) electrons. The van der Waals surface area contributed by atoms with E-state index in [1.54, 1.807) is 6.92 Å². The number of aromatic nitrogens is 2. The summed E-state index contributed by atoms with van der Waals surface area (Å²) in [7, 11) is 0. The highest BCUT2D eigenvalue weighted by Crippen LogP contribution is 2.20. The minimum Gasteiger partial charge on any atom is -0.710 e. The lowest BCUT2D eigenvalue weighted by molar-refractivity contribution is -0.596. The Morgan fingerprint density at radius 3 is 2.59 bits per heavy atom. The molecule has 1 heterocycles. The predicted octanol–water partition coefficient (Wildman–Crippen LogP) is 1.14. The second kappa shape index (κ2) is 4.10. The summed E-state index contributed by atoms with van der Waals surface area (Å²) in [5.74, 6) is -0.162. The van der Waals surface area contributed by atoms with Gasteiger partial charge in [-0.3, -0.25) is 5.73 Å². The Hall–Kier alpha value is -2.61. The van der Waals surface area contributed by atoms with Gasteiger partial charge in [-0.1, -0.05) is 30.3 Å². The van der Waals surface area contributed by atoms with E-state index in [2.05, 4.69) is 4.98 Å². The Morgan fingerprint density at radius 2 is 2.00 bits per heavy atom. The molecule has 0 aliphatic carbocycles. The van der Waals surface area contributed by atoms with Crippen molar-refractivity contribution in [3.63, 3.8) is 0 Å². The molecule has 1 aromatic heterocycles. The summed E-state index contributed by atoms with van der Waals surface area (Å²) in [6, 6.07) is 11.0. The van der Waals surface area contributed by atoms with E-state index >= 15 is 0 Å². The van der Waals surface area contributed by atoms with Gasteiger partial charge in [-0.15, -0.1) is 0 Å². The molecule has 0 saturated carbocycles. The number of hydrogen-bond acceptors (Lipinski definition) is 4. The normalized spacial score (nSPS) is 9.88. The predicted molar refractivity (Wildman–Crippen MR) is 62.5 cm³/mol. The number of rotatable bonds is 1. The molecule has 0 atom stereocenters. The Kier molecular flexibility index (Phi) is 2.63. The van der Waals surface area contributed by atoms with Crippen LogP contribution in [0.15, 0.2) is 30.3 Å². The fraction of sp³-hybridized carbons (Fsp3) is 0.0833. The maximum Gasteiger partial charge on any atom is 0.313 e. The highest BCUT2D eigenvalue weighted by molar-refractivity contribution is 5.62. The summed E-state index contributed by atoms with van der Waals surface area (Å²) in [4.78, 5) is 4.11. The van der Waals surface area contributed by atoms with Crippen LogP contribution in [-0.4, -0.2) is 4.98 Å². The monoisotopic (exact) mass is 226 g/mol.